The van der Waals surface area contributed by atoms with E-state index in [0.29, 0.717) is 11.3 Å². The molecule has 0 aliphatic heterocycles. The molecule has 2 aromatic heterocycles. The van der Waals surface area contributed by atoms with Crippen LogP contribution in [0, 0.1) is 6.92 Å². The third kappa shape index (κ3) is 1.85. The summed E-state index contributed by atoms with van der Waals surface area (Å²) in [5.41, 5.74) is 2.58. The SMILES string of the molecule is Cc1ccc(-c2nc(C(=O)O)c3ccncn23)cc1. The number of imidazole rings is 1. The quantitative estimate of drug-likeness (QED) is 0.761. The monoisotopic (exact) mass is 253 g/mol. The lowest BCUT2D eigenvalue weighted by atomic mass is 10.1. The molecule has 3 aromatic rings. The van der Waals surface area contributed by atoms with Crippen molar-refractivity contribution in [2.45, 2.75) is 6.92 Å². The molecule has 1 aromatic carbocycles. The summed E-state index contributed by atoms with van der Waals surface area (Å²) < 4.78 is 1.69. The van der Waals surface area contributed by atoms with E-state index in [1.165, 1.54) is 0 Å². The number of fused-ring (bicyclic) bond motifs is 1. The van der Waals surface area contributed by atoms with Gasteiger partial charge in [0, 0.05) is 11.8 Å². The molecule has 0 atom stereocenters. The number of carbonyl (C=O) groups is 1. The Hall–Kier alpha value is -2.69. The fourth-order valence-electron chi connectivity index (χ4n) is 2.00. The van der Waals surface area contributed by atoms with Gasteiger partial charge in [0.15, 0.2) is 5.69 Å². The second kappa shape index (κ2) is 4.20. The third-order valence-electron chi connectivity index (χ3n) is 2.96. The zero-order valence-electron chi connectivity index (χ0n) is 10.2. The van der Waals surface area contributed by atoms with Gasteiger partial charge in [0.25, 0.3) is 0 Å². The van der Waals surface area contributed by atoms with Crippen molar-refractivity contribution in [1.82, 2.24) is 14.4 Å². The van der Waals surface area contributed by atoms with Crippen molar-refractivity contribution in [3.8, 4) is 11.4 Å². The van der Waals surface area contributed by atoms with E-state index in [1.54, 1.807) is 23.0 Å². The number of nitrogens with zero attached hydrogens (tertiary/aromatic N) is 3. The van der Waals surface area contributed by atoms with Crippen molar-refractivity contribution < 1.29 is 9.90 Å². The zero-order chi connectivity index (χ0) is 13.4. The Morgan fingerprint density at radius 3 is 2.63 bits per heavy atom. The molecule has 0 aliphatic rings. The maximum Gasteiger partial charge on any atom is 0.356 e. The Kier molecular flexibility index (Phi) is 2.52. The summed E-state index contributed by atoms with van der Waals surface area (Å²) in [4.78, 5) is 19.4. The number of hydrogen-bond donors (Lipinski definition) is 1. The molecule has 5 heteroatoms. The van der Waals surface area contributed by atoms with E-state index in [1.807, 2.05) is 31.2 Å². The maximum absolute atomic E-state index is 11.2. The highest BCUT2D eigenvalue weighted by Gasteiger charge is 2.17. The number of benzene rings is 1. The summed E-state index contributed by atoms with van der Waals surface area (Å²) in [6, 6.07) is 9.42. The largest absolute Gasteiger partial charge is 0.476 e. The smallest absolute Gasteiger partial charge is 0.356 e. The van der Waals surface area contributed by atoms with E-state index in [4.69, 9.17) is 0 Å². The summed E-state index contributed by atoms with van der Waals surface area (Å²) in [6.45, 7) is 2.00. The van der Waals surface area contributed by atoms with Gasteiger partial charge >= 0.3 is 5.97 Å². The molecule has 0 amide bonds. The minimum atomic E-state index is -1.04. The van der Waals surface area contributed by atoms with Crippen molar-refractivity contribution in [3.05, 3.63) is 54.1 Å². The summed E-state index contributed by atoms with van der Waals surface area (Å²) in [5.74, 6) is -0.456. The van der Waals surface area contributed by atoms with Crippen LogP contribution in [0.25, 0.3) is 16.9 Å². The average Bonchev–Trinajstić information content (AvgIpc) is 2.79. The number of aromatic carboxylic acids is 1. The molecule has 2 heterocycles. The third-order valence-corrected chi connectivity index (χ3v) is 2.96. The Labute approximate surface area is 109 Å². The van der Waals surface area contributed by atoms with E-state index in [0.717, 1.165) is 11.1 Å². The lowest BCUT2D eigenvalue weighted by Gasteiger charge is -2.00. The van der Waals surface area contributed by atoms with Gasteiger partial charge in [0.2, 0.25) is 0 Å². The molecule has 0 radical (unpaired) electrons. The fraction of sp³-hybridized carbons (Fsp3) is 0.0714. The average molecular weight is 253 g/mol. The van der Waals surface area contributed by atoms with Crippen LogP contribution in [0.2, 0.25) is 0 Å². The van der Waals surface area contributed by atoms with Crippen molar-refractivity contribution in [2.75, 3.05) is 0 Å². The Balaban J connectivity index is 2.29. The molecule has 5 nitrogen and oxygen atoms in total. The van der Waals surface area contributed by atoms with Crippen molar-refractivity contribution in [3.63, 3.8) is 0 Å². The van der Waals surface area contributed by atoms with Crippen LogP contribution in [0.15, 0.2) is 42.9 Å². The van der Waals surface area contributed by atoms with Crippen LogP contribution < -0.4 is 0 Å². The molecule has 3 rings (SSSR count). The summed E-state index contributed by atoms with van der Waals surface area (Å²) in [5, 5.41) is 9.19. The summed E-state index contributed by atoms with van der Waals surface area (Å²) >= 11 is 0. The van der Waals surface area contributed by atoms with Gasteiger partial charge in [-0.2, -0.15) is 0 Å². The first-order valence-electron chi connectivity index (χ1n) is 5.79. The highest BCUT2D eigenvalue weighted by atomic mass is 16.4. The van der Waals surface area contributed by atoms with Gasteiger partial charge in [-0.05, 0) is 13.0 Å². The van der Waals surface area contributed by atoms with Crippen molar-refractivity contribution in [1.29, 1.82) is 0 Å². The number of aromatic nitrogens is 3. The molecular weight excluding hydrogens is 242 g/mol. The van der Waals surface area contributed by atoms with Crippen LogP contribution in [-0.2, 0) is 0 Å². The molecule has 0 saturated heterocycles. The number of hydrogen-bond acceptors (Lipinski definition) is 3. The molecule has 19 heavy (non-hydrogen) atoms. The highest BCUT2D eigenvalue weighted by molar-refractivity contribution is 5.94. The molecule has 0 fully saturated rings. The first kappa shape index (κ1) is 11.4. The molecule has 0 spiro atoms. The summed E-state index contributed by atoms with van der Waals surface area (Å²) in [7, 11) is 0. The predicted octanol–water partition coefficient (Wildman–Crippen LogP) is 2.40. The van der Waals surface area contributed by atoms with Crippen LogP contribution in [0.4, 0.5) is 0 Å². The number of aryl methyl sites for hydroxylation is 1. The molecule has 0 aliphatic carbocycles. The van der Waals surface area contributed by atoms with Crippen molar-refractivity contribution >= 4 is 11.5 Å². The second-order valence-corrected chi connectivity index (χ2v) is 4.29. The van der Waals surface area contributed by atoms with E-state index in [9.17, 15) is 9.90 Å². The lowest BCUT2D eigenvalue weighted by Crippen LogP contribution is -1.97. The van der Waals surface area contributed by atoms with Gasteiger partial charge in [0.05, 0.1) is 5.52 Å². The maximum atomic E-state index is 11.2. The molecule has 0 saturated carbocycles. The van der Waals surface area contributed by atoms with E-state index >= 15 is 0 Å². The molecule has 0 bridgehead atoms. The van der Waals surface area contributed by atoms with Crippen LogP contribution in [-0.4, -0.2) is 25.4 Å². The first-order chi connectivity index (χ1) is 9.16. The second-order valence-electron chi connectivity index (χ2n) is 4.29. The standard InChI is InChI=1S/C14H11N3O2/c1-9-2-4-10(5-3-9)13-16-12(14(18)19)11-6-7-15-8-17(11)13/h2-8H,1H3,(H,18,19). The van der Waals surface area contributed by atoms with Crippen molar-refractivity contribution in [2.24, 2.45) is 0 Å². The Morgan fingerprint density at radius 2 is 1.95 bits per heavy atom. The van der Waals surface area contributed by atoms with Gasteiger partial charge in [-0.1, -0.05) is 29.8 Å². The normalized spacial score (nSPS) is 10.8. The first-order valence-corrected chi connectivity index (χ1v) is 5.79. The number of carboxylic acid groups (broad SMARTS) is 1. The number of carboxylic acids is 1. The van der Waals surface area contributed by atoms with Gasteiger partial charge in [-0.25, -0.2) is 14.8 Å². The highest BCUT2D eigenvalue weighted by Crippen LogP contribution is 2.22. The van der Waals surface area contributed by atoms with Crippen LogP contribution in [0.5, 0.6) is 0 Å². The summed E-state index contributed by atoms with van der Waals surface area (Å²) in [6.07, 6.45) is 3.13. The van der Waals surface area contributed by atoms with Crippen LogP contribution in [0.3, 0.4) is 0 Å². The fourth-order valence-corrected chi connectivity index (χ4v) is 2.00. The topological polar surface area (TPSA) is 67.5 Å². The minimum absolute atomic E-state index is 0.0398. The van der Waals surface area contributed by atoms with E-state index < -0.39 is 5.97 Å². The number of rotatable bonds is 2. The van der Waals surface area contributed by atoms with Gasteiger partial charge in [-0.15, -0.1) is 0 Å². The Morgan fingerprint density at radius 1 is 1.21 bits per heavy atom. The minimum Gasteiger partial charge on any atom is -0.476 e. The zero-order valence-corrected chi connectivity index (χ0v) is 10.2. The van der Waals surface area contributed by atoms with E-state index in [-0.39, 0.29) is 5.69 Å². The van der Waals surface area contributed by atoms with Gasteiger partial charge < -0.3 is 5.11 Å². The molecular formula is C14H11N3O2. The predicted molar refractivity (Wildman–Crippen MR) is 70.1 cm³/mol. The van der Waals surface area contributed by atoms with Crippen LogP contribution >= 0.6 is 0 Å². The van der Waals surface area contributed by atoms with Crippen LogP contribution in [0.1, 0.15) is 16.1 Å². The Bertz CT molecular complexity index is 760. The molecule has 1 N–H and O–H groups in total. The molecule has 94 valence electrons. The van der Waals surface area contributed by atoms with Gasteiger partial charge in [-0.3, -0.25) is 4.40 Å². The van der Waals surface area contributed by atoms with E-state index in [2.05, 4.69) is 9.97 Å². The molecule has 0 unspecified atom stereocenters. The van der Waals surface area contributed by atoms with Gasteiger partial charge in [0.1, 0.15) is 12.2 Å². The lowest BCUT2D eigenvalue weighted by molar-refractivity contribution is 0.0693.